The van der Waals surface area contributed by atoms with Crippen molar-refractivity contribution in [3.8, 4) is 5.75 Å². The molecular formula is C14H17NO4S. The minimum atomic E-state index is -0.491. The van der Waals surface area contributed by atoms with E-state index in [-0.39, 0.29) is 17.2 Å². The van der Waals surface area contributed by atoms with Gasteiger partial charge in [0.1, 0.15) is 5.75 Å². The molecule has 1 fully saturated rings. The minimum absolute atomic E-state index is 0.00801. The van der Waals surface area contributed by atoms with Crippen LogP contribution in [-0.2, 0) is 0 Å². The van der Waals surface area contributed by atoms with Crippen molar-refractivity contribution in [2.24, 2.45) is 5.92 Å². The van der Waals surface area contributed by atoms with E-state index in [4.69, 9.17) is 4.74 Å². The smallest absolute Gasteiger partial charge is 0.273 e. The van der Waals surface area contributed by atoms with Crippen molar-refractivity contribution in [2.45, 2.75) is 19.3 Å². The Labute approximate surface area is 121 Å². The van der Waals surface area contributed by atoms with Gasteiger partial charge in [0.25, 0.3) is 5.69 Å². The Morgan fingerprint density at radius 2 is 2.15 bits per heavy atom. The lowest BCUT2D eigenvalue weighted by atomic mass is 9.93. The predicted molar refractivity (Wildman–Crippen MR) is 78.6 cm³/mol. The maximum absolute atomic E-state index is 12.3. The van der Waals surface area contributed by atoms with Crippen molar-refractivity contribution in [1.82, 2.24) is 0 Å². The molecule has 2 rings (SSSR count). The van der Waals surface area contributed by atoms with Gasteiger partial charge in [0, 0.05) is 12.5 Å². The highest BCUT2D eigenvalue weighted by atomic mass is 32.2. The number of nitro benzene ring substituents is 1. The Hall–Kier alpha value is -1.56. The van der Waals surface area contributed by atoms with Gasteiger partial charge in [-0.3, -0.25) is 14.9 Å². The molecule has 1 aliphatic rings. The van der Waals surface area contributed by atoms with Gasteiger partial charge in [0.2, 0.25) is 0 Å². The number of ether oxygens (including phenoxy) is 1. The molecule has 108 valence electrons. The number of hydrogen-bond donors (Lipinski definition) is 0. The summed E-state index contributed by atoms with van der Waals surface area (Å²) in [7, 11) is 1.42. The van der Waals surface area contributed by atoms with Crippen LogP contribution in [0.4, 0.5) is 5.69 Å². The summed E-state index contributed by atoms with van der Waals surface area (Å²) in [4.78, 5) is 22.6. The first-order valence-corrected chi connectivity index (χ1v) is 7.70. The van der Waals surface area contributed by atoms with Crippen LogP contribution in [0.1, 0.15) is 29.6 Å². The van der Waals surface area contributed by atoms with E-state index in [1.54, 1.807) is 0 Å². The average Bonchev–Trinajstić information content (AvgIpc) is 2.47. The summed E-state index contributed by atoms with van der Waals surface area (Å²) in [5, 5.41) is 10.7. The molecule has 0 amide bonds. The summed E-state index contributed by atoms with van der Waals surface area (Å²) in [6.07, 6.45) is 2.62. The third-order valence-electron chi connectivity index (χ3n) is 3.51. The topological polar surface area (TPSA) is 69.4 Å². The molecule has 0 N–H and O–H groups in total. The molecule has 0 unspecified atom stereocenters. The maximum Gasteiger partial charge on any atom is 0.273 e. The van der Waals surface area contributed by atoms with E-state index in [1.165, 1.54) is 25.3 Å². The number of thioether (sulfide) groups is 1. The van der Waals surface area contributed by atoms with Gasteiger partial charge in [0.05, 0.1) is 23.7 Å². The fraction of sp³-hybridized carbons (Fsp3) is 0.500. The molecule has 0 radical (unpaired) electrons. The van der Waals surface area contributed by atoms with Gasteiger partial charge < -0.3 is 4.74 Å². The fourth-order valence-corrected chi connectivity index (χ4v) is 3.55. The first-order chi connectivity index (χ1) is 9.61. The number of hydrogen-bond acceptors (Lipinski definition) is 5. The Kier molecular flexibility index (Phi) is 5.00. The van der Waals surface area contributed by atoms with Gasteiger partial charge in [-0.15, -0.1) is 0 Å². The highest BCUT2D eigenvalue weighted by molar-refractivity contribution is 7.99. The molecule has 0 aromatic heterocycles. The van der Waals surface area contributed by atoms with E-state index in [9.17, 15) is 14.9 Å². The highest BCUT2D eigenvalue weighted by Gasteiger charge is 2.21. The van der Waals surface area contributed by atoms with Crippen molar-refractivity contribution in [2.75, 3.05) is 18.6 Å². The molecule has 6 heteroatoms. The average molecular weight is 295 g/mol. The van der Waals surface area contributed by atoms with Crippen molar-refractivity contribution in [3.05, 3.63) is 33.9 Å². The Morgan fingerprint density at radius 3 is 2.75 bits per heavy atom. The third kappa shape index (κ3) is 3.50. The van der Waals surface area contributed by atoms with Crippen LogP contribution >= 0.6 is 11.8 Å². The summed E-state index contributed by atoms with van der Waals surface area (Å²) < 4.78 is 5.12. The fourth-order valence-electron chi connectivity index (χ4n) is 2.35. The van der Waals surface area contributed by atoms with Crippen LogP contribution in [0.5, 0.6) is 5.75 Å². The molecule has 1 aromatic rings. The van der Waals surface area contributed by atoms with Gasteiger partial charge in [-0.25, -0.2) is 0 Å². The molecule has 1 heterocycles. The molecule has 0 saturated carbocycles. The number of methoxy groups -OCH3 is 1. The number of carbonyl (C=O) groups excluding carboxylic acids is 1. The van der Waals surface area contributed by atoms with Crippen LogP contribution in [-0.4, -0.2) is 29.3 Å². The van der Waals surface area contributed by atoms with Crippen LogP contribution in [0, 0.1) is 16.0 Å². The zero-order chi connectivity index (χ0) is 14.5. The molecule has 0 bridgehead atoms. The predicted octanol–water partition coefficient (Wildman–Crippen LogP) is 3.32. The van der Waals surface area contributed by atoms with E-state index < -0.39 is 4.92 Å². The van der Waals surface area contributed by atoms with Crippen LogP contribution in [0.25, 0.3) is 0 Å². The molecule has 1 aromatic carbocycles. The van der Waals surface area contributed by atoms with Crippen LogP contribution in [0.3, 0.4) is 0 Å². The molecule has 5 nitrogen and oxygen atoms in total. The number of carbonyl (C=O) groups is 1. The van der Waals surface area contributed by atoms with Crippen LogP contribution in [0.15, 0.2) is 18.2 Å². The molecule has 20 heavy (non-hydrogen) atoms. The second kappa shape index (κ2) is 6.74. The monoisotopic (exact) mass is 295 g/mol. The Morgan fingerprint density at radius 1 is 1.45 bits per heavy atom. The standard InChI is InChI=1S/C14H17NO4S/c1-19-14-9-11(15(17)18)2-3-12(14)13(16)8-10-4-6-20-7-5-10/h2-3,9-10H,4-8H2,1H3. The largest absolute Gasteiger partial charge is 0.496 e. The van der Waals surface area contributed by atoms with Crippen molar-refractivity contribution < 1.29 is 14.5 Å². The van der Waals surface area contributed by atoms with Gasteiger partial charge >= 0.3 is 0 Å². The molecule has 1 saturated heterocycles. The second-order valence-electron chi connectivity index (χ2n) is 4.82. The Balaban J connectivity index is 2.14. The number of benzene rings is 1. The van der Waals surface area contributed by atoms with Crippen molar-refractivity contribution in [3.63, 3.8) is 0 Å². The van der Waals surface area contributed by atoms with E-state index in [0.717, 1.165) is 24.3 Å². The van der Waals surface area contributed by atoms with Gasteiger partial charge in [-0.2, -0.15) is 11.8 Å². The molecular weight excluding hydrogens is 278 g/mol. The van der Waals surface area contributed by atoms with Gasteiger partial charge in [-0.05, 0) is 36.3 Å². The Bertz CT molecular complexity index is 512. The maximum atomic E-state index is 12.3. The lowest BCUT2D eigenvalue weighted by Crippen LogP contribution is -2.15. The number of Topliss-reactive ketones (excluding diaryl/α,β-unsaturated/α-hetero) is 1. The zero-order valence-electron chi connectivity index (χ0n) is 11.3. The number of ketones is 1. The first kappa shape index (κ1) is 14.8. The molecule has 0 aliphatic carbocycles. The minimum Gasteiger partial charge on any atom is -0.496 e. The quantitative estimate of drug-likeness (QED) is 0.473. The zero-order valence-corrected chi connectivity index (χ0v) is 12.1. The lowest BCUT2D eigenvalue weighted by molar-refractivity contribution is -0.384. The number of rotatable bonds is 5. The summed E-state index contributed by atoms with van der Waals surface area (Å²) in [5.41, 5.74) is 0.379. The molecule has 0 spiro atoms. The van der Waals surface area contributed by atoms with E-state index >= 15 is 0 Å². The van der Waals surface area contributed by atoms with E-state index in [0.29, 0.717) is 17.9 Å². The SMILES string of the molecule is COc1cc([N+](=O)[O-])ccc1C(=O)CC1CCSCC1. The molecule has 0 atom stereocenters. The van der Waals surface area contributed by atoms with E-state index in [1.807, 2.05) is 11.8 Å². The van der Waals surface area contributed by atoms with E-state index in [2.05, 4.69) is 0 Å². The number of non-ortho nitro benzene ring substituents is 1. The summed E-state index contributed by atoms with van der Waals surface area (Å²) in [5.74, 6) is 2.93. The summed E-state index contributed by atoms with van der Waals surface area (Å²) in [6, 6.07) is 4.16. The number of nitrogens with zero attached hydrogens (tertiary/aromatic N) is 1. The lowest BCUT2D eigenvalue weighted by Gasteiger charge is -2.20. The first-order valence-electron chi connectivity index (χ1n) is 6.55. The van der Waals surface area contributed by atoms with Crippen LogP contribution < -0.4 is 4.74 Å². The van der Waals surface area contributed by atoms with Crippen LogP contribution in [0.2, 0.25) is 0 Å². The van der Waals surface area contributed by atoms with Gasteiger partial charge in [-0.1, -0.05) is 0 Å². The normalized spacial score (nSPS) is 15.8. The summed E-state index contributed by atoms with van der Waals surface area (Å²) in [6.45, 7) is 0. The molecule has 1 aliphatic heterocycles. The highest BCUT2D eigenvalue weighted by Crippen LogP contribution is 2.30. The third-order valence-corrected chi connectivity index (χ3v) is 4.56. The van der Waals surface area contributed by atoms with Crippen molar-refractivity contribution in [1.29, 1.82) is 0 Å². The van der Waals surface area contributed by atoms with Gasteiger partial charge in [0.15, 0.2) is 5.78 Å². The van der Waals surface area contributed by atoms with Crippen molar-refractivity contribution >= 4 is 23.2 Å². The second-order valence-corrected chi connectivity index (χ2v) is 6.05. The number of nitro groups is 1. The summed E-state index contributed by atoms with van der Waals surface area (Å²) >= 11 is 1.92.